The molecule has 4 heteroatoms. The number of halogens is 1. The fourth-order valence-electron chi connectivity index (χ4n) is 0.970. The topological polar surface area (TPSA) is 67.8 Å². The molecule has 0 atom stereocenters. The molecule has 1 heterocycles. The van der Waals surface area contributed by atoms with Gasteiger partial charge in [-0.15, -0.1) is 0 Å². The van der Waals surface area contributed by atoms with E-state index in [1.807, 2.05) is 6.07 Å². The molecule has 0 spiro atoms. The number of aromatic nitrogens is 1. The lowest BCUT2D eigenvalue weighted by atomic mass is 10.2. The van der Waals surface area contributed by atoms with Crippen molar-refractivity contribution in [2.45, 2.75) is 13.0 Å². The minimum absolute atomic E-state index is 0.472. The first-order chi connectivity index (χ1) is 5.27. The number of H-pyrrole nitrogens is 1. The molecular formula is C7H12ClN3. The number of hydrogen-bond acceptors (Lipinski definition) is 2. The molecule has 1 aromatic rings. The number of nitrogens with one attached hydrogen (secondary N) is 1. The second-order valence-corrected chi connectivity index (χ2v) is 2.75. The van der Waals surface area contributed by atoms with Crippen LogP contribution in [0.1, 0.15) is 11.3 Å². The Hall–Kier alpha value is -0.510. The van der Waals surface area contributed by atoms with E-state index in [2.05, 4.69) is 4.98 Å². The molecule has 0 unspecified atom stereocenters. The van der Waals surface area contributed by atoms with Crippen molar-refractivity contribution < 1.29 is 0 Å². The Morgan fingerprint density at radius 1 is 1.45 bits per heavy atom. The van der Waals surface area contributed by atoms with E-state index in [1.165, 1.54) is 0 Å². The Bertz CT molecular complexity index is 232. The van der Waals surface area contributed by atoms with E-state index in [0.717, 1.165) is 17.7 Å². The highest BCUT2D eigenvalue weighted by atomic mass is 35.5. The molecule has 0 saturated heterocycles. The van der Waals surface area contributed by atoms with Crippen LogP contribution in [0.25, 0.3) is 0 Å². The average molecular weight is 174 g/mol. The minimum Gasteiger partial charge on any atom is -0.349 e. The summed E-state index contributed by atoms with van der Waals surface area (Å²) >= 11 is 5.80. The zero-order chi connectivity index (χ0) is 8.27. The quantitative estimate of drug-likeness (QED) is 0.628. The van der Waals surface area contributed by atoms with Crippen molar-refractivity contribution >= 4 is 11.6 Å². The summed E-state index contributed by atoms with van der Waals surface area (Å²) in [5, 5.41) is 0.635. The van der Waals surface area contributed by atoms with E-state index >= 15 is 0 Å². The van der Waals surface area contributed by atoms with Gasteiger partial charge in [0.1, 0.15) is 5.15 Å². The van der Waals surface area contributed by atoms with Crippen molar-refractivity contribution in [3.63, 3.8) is 0 Å². The van der Waals surface area contributed by atoms with Crippen LogP contribution in [0.4, 0.5) is 0 Å². The highest BCUT2D eigenvalue weighted by molar-refractivity contribution is 6.30. The third-order valence-electron chi connectivity index (χ3n) is 1.53. The van der Waals surface area contributed by atoms with Gasteiger partial charge < -0.3 is 16.5 Å². The molecule has 0 bridgehead atoms. The van der Waals surface area contributed by atoms with E-state index in [1.54, 1.807) is 0 Å². The Morgan fingerprint density at radius 2 is 2.18 bits per heavy atom. The third kappa shape index (κ3) is 1.96. The average Bonchev–Trinajstić information content (AvgIpc) is 2.32. The van der Waals surface area contributed by atoms with Crippen molar-refractivity contribution in [3.8, 4) is 0 Å². The maximum atomic E-state index is 5.80. The summed E-state index contributed by atoms with van der Waals surface area (Å²) in [5.41, 5.74) is 12.8. The van der Waals surface area contributed by atoms with E-state index in [-0.39, 0.29) is 0 Å². The summed E-state index contributed by atoms with van der Waals surface area (Å²) in [6.07, 6.45) is 0.819. The maximum absolute atomic E-state index is 5.80. The SMILES string of the molecule is NCCc1cc(CN)c(Cl)[nH]1. The third-order valence-corrected chi connectivity index (χ3v) is 1.87. The van der Waals surface area contributed by atoms with Gasteiger partial charge in [-0.2, -0.15) is 0 Å². The van der Waals surface area contributed by atoms with Gasteiger partial charge in [-0.3, -0.25) is 0 Å². The molecule has 1 rings (SSSR count). The van der Waals surface area contributed by atoms with Gasteiger partial charge in [-0.25, -0.2) is 0 Å². The van der Waals surface area contributed by atoms with Crippen LogP contribution < -0.4 is 11.5 Å². The molecule has 0 fully saturated rings. The minimum atomic E-state index is 0.472. The van der Waals surface area contributed by atoms with Crippen LogP contribution in [-0.2, 0) is 13.0 Å². The molecule has 0 aromatic carbocycles. The van der Waals surface area contributed by atoms with Gasteiger partial charge >= 0.3 is 0 Å². The highest BCUT2D eigenvalue weighted by Crippen LogP contribution is 2.15. The number of nitrogens with two attached hydrogens (primary N) is 2. The molecule has 5 N–H and O–H groups in total. The number of hydrogen-bond donors (Lipinski definition) is 3. The molecule has 0 aliphatic carbocycles. The predicted molar refractivity (Wildman–Crippen MR) is 46.5 cm³/mol. The van der Waals surface area contributed by atoms with Crippen LogP contribution in [0, 0.1) is 0 Å². The fourth-order valence-corrected chi connectivity index (χ4v) is 1.22. The van der Waals surface area contributed by atoms with Gasteiger partial charge in [0.25, 0.3) is 0 Å². The Morgan fingerprint density at radius 3 is 2.64 bits per heavy atom. The Kier molecular flexibility index (Phi) is 2.93. The second-order valence-electron chi connectivity index (χ2n) is 2.38. The number of rotatable bonds is 3. The zero-order valence-corrected chi connectivity index (χ0v) is 6.99. The van der Waals surface area contributed by atoms with Crippen molar-refractivity contribution in [1.29, 1.82) is 0 Å². The summed E-state index contributed by atoms with van der Waals surface area (Å²) in [7, 11) is 0. The van der Waals surface area contributed by atoms with Gasteiger partial charge in [0.2, 0.25) is 0 Å². The van der Waals surface area contributed by atoms with Crippen LogP contribution in [0.3, 0.4) is 0 Å². The highest BCUT2D eigenvalue weighted by Gasteiger charge is 2.02. The molecule has 0 saturated carbocycles. The lowest BCUT2D eigenvalue weighted by molar-refractivity contribution is 0.935. The summed E-state index contributed by atoms with van der Waals surface area (Å²) in [6.45, 7) is 1.10. The van der Waals surface area contributed by atoms with E-state index in [9.17, 15) is 0 Å². The molecule has 1 aromatic heterocycles. The first-order valence-corrected chi connectivity index (χ1v) is 3.92. The zero-order valence-electron chi connectivity index (χ0n) is 6.23. The van der Waals surface area contributed by atoms with Gasteiger partial charge in [0.05, 0.1) is 0 Å². The van der Waals surface area contributed by atoms with Crippen LogP contribution in [0.2, 0.25) is 5.15 Å². The van der Waals surface area contributed by atoms with E-state index in [0.29, 0.717) is 18.2 Å². The Labute approximate surface area is 70.7 Å². The molecule has 0 radical (unpaired) electrons. The molecule has 0 amide bonds. The first-order valence-electron chi connectivity index (χ1n) is 3.54. The van der Waals surface area contributed by atoms with E-state index < -0.39 is 0 Å². The smallest absolute Gasteiger partial charge is 0.111 e. The van der Waals surface area contributed by atoms with Gasteiger partial charge in [-0.1, -0.05) is 11.6 Å². The summed E-state index contributed by atoms with van der Waals surface area (Å²) < 4.78 is 0. The fraction of sp³-hybridized carbons (Fsp3) is 0.429. The van der Waals surface area contributed by atoms with Gasteiger partial charge in [-0.05, 0) is 19.0 Å². The molecule has 62 valence electrons. The van der Waals surface area contributed by atoms with Crippen molar-refractivity contribution in [2.75, 3.05) is 6.54 Å². The summed E-state index contributed by atoms with van der Waals surface area (Å²) in [4.78, 5) is 3.00. The van der Waals surface area contributed by atoms with Crippen LogP contribution >= 0.6 is 11.6 Å². The summed E-state index contributed by atoms with van der Waals surface area (Å²) in [6, 6.07) is 1.95. The van der Waals surface area contributed by atoms with Gasteiger partial charge in [0.15, 0.2) is 0 Å². The number of aromatic amines is 1. The molecule has 3 nitrogen and oxygen atoms in total. The lowest BCUT2D eigenvalue weighted by Crippen LogP contribution is -2.02. The Balaban J connectivity index is 2.77. The molecule has 11 heavy (non-hydrogen) atoms. The molecule has 0 aliphatic rings. The van der Waals surface area contributed by atoms with E-state index in [4.69, 9.17) is 23.1 Å². The van der Waals surface area contributed by atoms with Crippen molar-refractivity contribution in [3.05, 3.63) is 22.5 Å². The normalized spacial score (nSPS) is 10.5. The monoisotopic (exact) mass is 173 g/mol. The van der Waals surface area contributed by atoms with Crippen LogP contribution in [0.5, 0.6) is 0 Å². The van der Waals surface area contributed by atoms with Crippen molar-refractivity contribution in [2.24, 2.45) is 11.5 Å². The lowest BCUT2D eigenvalue weighted by Gasteiger charge is -1.89. The molecular weight excluding hydrogens is 162 g/mol. The maximum Gasteiger partial charge on any atom is 0.111 e. The van der Waals surface area contributed by atoms with Crippen LogP contribution in [0.15, 0.2) is 6.07 Å². The summed E-state index contributed by atoms with van der Waals surface area (Å²) in [5.74, 6) is 0. The largest absolute Gasteiger partial charge is 0.349 e. The first kappa shape index (κ1) is 8.59. The second kappa shape index (κ2) is 3.76. The standard InChI is InChI=1S/C7H12ClN3/c8-7-5(4-10)3-6(11-7)1-2-9/h3,11H,1-2,4,9-10H2. The molecule has 0 aliphatic heterocycles. The van der Waals surface area contributed by atoms with Crippen molar-refractivity contribution in [1.82, 2.24) is 4.98 Å². The van der Waals surface area contributed by atoms with Gasteiger partial charge in [0, 0.05) is 17.8 Å². The van der Waals surface area contributed by atoms with Crippen LogP contribution in [-0.4, -0.2) is 11.5 Å². The predicted octanol–water partition coefficient (Wildman–Crippen LogP) is 0.628.